The van der Waals surface area contributed by atoms with Gasteiger partial charge in [-0.15, -0.1) is 5.10 Å². The van der Waals surface area contributed by atoms with Crippen molar-refractivity contribution in [2.75, 3.05) is 19.3 Å². The van der Waals surface area contributed by atoms with Crippen LogP contribution >= 0.6 is 11.8 Å². The van der Waals surface area contributed by atoms with Crippen molar-refractivity contribution in [2.24, 2.45) is 5.92 Å². The van der Waals surface area contributed by atoms with Crippen LogP contribution in [0.2, 0.25) is 0 Å². The van der Waals surface area contributed by atoms with Crippen molar-refractivity contribution in [3.63, 3.8) is 0 Å². The summed E-state index contributed by atoms with van der Waals surface area (Å²) in [5.74, 6) is 1.79. The van der Waals surface area contributed by atoms with E-state index in [0.717, 1.165) is 49.6 Å². The second-order valence-corrected chi connectivity index (χ2v) is 9.16. The Morgan fingerprint density at radius 1 is 1.19 bits per heavy atom. The predicted octanol–water partition coefficient (Wildman–Crippen LogP) is 3.06. The van der Waals surface area contributed by atoms with Gasteiger partial charge in [-0.2, -0.15) is 0 Å². The molecular weight excluding hydrogens is 362 g/mol. The minimum atomic E-state index is -0.176. The maximum atomic E-state index is 12.4. The Bertz CT molecular complexity index is 582. The second-order valence-electron chi connectivity index (χ2n) is 8.10. The molecule has 1 amide bonds. The largest absolute Gasteiger partial charge is 0.393 e. The summed E-state index contributed by atoms with van der Waals surface area (Å²) in [7, 11) is 1.95. The van der Waals surface area contributed by atoms with Crippen LogP contribution in [0, 0.1) is 5.92 Å². The Hall–Kier alpha value is -1.15. The average molecular weight is 396 g/mol. The van der Waals surface area contributed by atoms with Crippen LogP contribution in [-0.4, -0.2) is 61.6 Å². The number of nitrogens with zero attached hydrogens (tertiary/aromatic N) is 5. The Morgan fingerprint density at radius 2 is 1.93 bits per heavy atom. The molecule has 3 rings (SSSR count). The molecule has 2 aliphatic rings. The molecule has 0 unspecified atom stereocenters. The molecule has 1 N–H and O–H groups in total. The molecule has 2 aliphatic carbocycles. The summed E-state index contributed by atoms with van der Waals surface area (Å²) in [5.41, 5.74) is 0. The zero-order valence-electron chi connectivity index (χ0n) is 16.4. The summed E-state index contributed by atoms with van der Waals surface area (Å²) >= 11 is 1.63. The highest BCUT2D eigenvalue weighted by Gasteiger charge is 2.24. The van der Waals surface area contributed by atoms with Crippen molar-refractivity contribution < 1.29 is 9.90 Å². The van der Waals surface area contributed by atoms with E-state index in [1.54, 1.807) is 11.8 Å². The summed E-state index contributed by atoms with van der Waals surface area (Å²) < 4.78 is 1.91. The van der Waals surface area contributed by atoms with Gasteiger partial charge in [-0.25, -0.2) is 4.68 Å². The normalized spacial score (nSPS) is 24.1. The first-order valence-electron chi connectivity index (χ1n) is 10.5. The molecular formula is C19H33N5O2S. The lowest BCUT2D eigenvalue weighted by Crippen LogP contribution is -2.32. The van der Waals surface area contributed by atoms with Gasteiger partial charge >= 0.3 is 0 Å². The third-order valence-corrected chi connectivity index (χ3v) is 6.94. The number of aliphatic hydroxyl groups is 1. The third-order valence-electron chi connectivity index (χ3n) is 5.92. The molecule has 2 fully saturated rings. The molecule has 152 valence electrons. The molecule has 1 heterocycles. The van der Waals surface area contributed by atoms with Crippen molar-refractivity contribution in [3.05, 3.63) is 0 Å². The van der Waals surface area contributed by atoms with Crippen LogP contribution in [-0.2, 0) is 4.79 Å². The molecule has 2 saturated carbocycles. The van der Waals surface area contributed by atoms with Gasteiger partial charge in [-0.3, -0.25) is 4.79 Å². The fourth-order valence-electron chi connectivity index (χ4n) is 4.25. The highest BCUT2D eigenvalue weighted by atomic mass is 32.2. The quantitative estimate of drug-likeness (QED) is 0.538. The highest BCUT2D eigenvalue weighted by molar-refractivity contribution is 7.99. The minimum absolute atomic E-state index is 0.176. The van der Waals surface area contributed by atoms with Crippen LogP contribution in [0.25, 0.3) is 0 Å². The number of rotatable bonds is 8. The Labute approximate surface area is 166 Å². The fraction of sp³-hybridized carbons (Fsp3) is 0.895. The number of thioether (sulfide) groups is 1. The monoisotopic (exact) mass is 395 g/mol. The van der Waals surface area contributed by atoms with E-state index >= 15 is 0 Å². The van der Waals surface area contributed by atoms with Gasteiger partial charge < -0.3 is 10.0 Å². The first-order chi connectivity index (χ1) is 13.1. The van der Waals surface area contributed by atoms with Gasteiger partial charge in [-0.05, 0) is 61.3 Å². The van der Waals surface area contributed by atoms with Gasteiger partial charge in [0.25, 0.3) is 0 Å². The standard InChI is InChI=1S/C19H33N5O2S/c1-23(14-15-6-3-2-4-7-15)18(26)8-5-13-27-19-20-21-22-24(19)16-9-11-17(25)12-10-16/h15-17,25H,2-14H2,1H3. The van der Waals surface area contributed by atoms with Crippen LogP contribution in [0.15, 0.2) is 5.16 Å². The van der Waals surface area contributed by atoms with Crippen molar-refractivity contribution in [1.29, 1.82) is 0 Å². The first kappa shape index (κ1) is 20.6. The van der Waals surface area contributed by atoms with Crippen LogP contribution in [0.5, 0.6) is 0 Å². The molecule has 0 bridgehead atoms. The van der Waals surface area contributed by atoms with E-state index in [1.807, 2.05) is 16.6 Å². The number of carbonyl (C=O) groups excluding carboxylic acids is 1. The van der Waals surface area contributed by atoms with Gasteiger partial charge in [0.1, 0.15) is 0 Å². The molecule has 27 heavy (non-hydrogen) atoms. The molecule has 0 radical (unpaired) electrons. The molecule has 0 aliphatic heterocycles. The van der Waals surface area contributed by atoms with Crippen LogP contribution in [0.3, 0.4) is 0 Å². The number of amides is 1. The molecule has 0 saturated heterocycles. The number of tetrazole rings is 1. The number of hydrogen-bond donors (Lipinski definition) is 1. The van der Waals surface area contributed by atoms with E-state index in [0.29, 0.717) is 12.3 Å². The van der Waals surface area contributed by atoms with Crippen LogP contribution in [0.4, 0.5) is 0 Å². The second kappa shape index (κ2) is 10.4. The number of aliphatic hydroxyl groups excluding tert-OH is 1. The average Bonchev–Trinajstić information content (AvgIpc) is 3.15. The van der Waals surface area contributed by atoms with Crippen molar-refractivity contribution in [3.8, 4) is 0 Å². The SMILES string of the molecule is CN(CC1CCCCC1)C(=O)CCCSc1nnnn1C1CCC(O)CC1. The lowest BCUT2D eigenvalue weighted by Gasteiger charge is -2.27. The maximum Gasteiger partial charge on any atom is 0.222 e. The van der Waals surface area contributed by atoms with E-state index in [1.165, 1.54) is 32.1 Å². The maximum absolute atomic E-state index is 12.4. The number of aromatic nitrogens is 4. The minimum Gasteiger partial charge on any atom is -0.393 e. The smallest absolute Gasteiger partial charge is 0.222 e. The van der Waals surface area contributed by atoms with E-state index in [9.17, 15) is 9.90 Å². The number of carbonyl (C=O) groups is 1. The Balaban J connectivity index is 1.36. The third kappa shape index (κ3) is 6.17. The Morgan fingerprint density at radius 3 is 2.67 bits per heavy atom. The zero-order valence-corrected chi connectivity index (χ0v) is 17.2. The lowest BCUT2D eigenvalue weighted by atomic mass is 9.89. The van der Waals surface area contributed by atoms with Crippen molar-refractivity contribution in [1.82, 2.24) is 25.1 Å². The molecule has 0 aromatic carbocycles. The van der Waals surface area contributed by atoms with Gasteiger partial charge in [0.15, 0.2) is 0 Å². The van der Waals surface area contributed by atoms with Gasteiger partial charge in [0.05, 0.1) is 12.1 Å². The Kier molecular flexibility index (Phi) is 7.93. The predicted molar refractivity (Wildman–Crippen MR) is 105 cm³/mol. The number of hydrogen-bond acceptors (Lipinski definition) is 6. The summed E-state index contributed by atoms with van der Waals surface area (Å²) in [6.07, 6.45) is 11.3. The van der Waals surface area contributed by atoms with Crippen LogP contribution in [0.1, 0.15) is 76.7 Å². The van der Waals surface area contributed by atoms with E-state index in [2.05, 4.69) is 15.5 Å². The fourth-order valence-corrected chi connectivity index (χ4v) is 5.13. The highest BCUT2D eigenvalue weighted by Crippen LogP contribution is 2.30. The summed E-state index contributed by atoms with van der Waals surface area (Å²) in [6, 6.07) is 0.286. The first-order valence-corrected chi connectivity index (χ1v) is 11.4. The van der Waals surface area contributed by atoms with Crippen molar-refractivity contribution >= 4 is 17.7 Å². The van der Waals surface area contributed by atoms with Crippen LogP contribution < -0.4 is 0 Å². The zero-order chi connectivity index (χ0) is 19.1. The van der Waals surface area contributed by atoms with E-state index in [4.69, 9.17) is 0 Å². The molecule has 1 aromatic heterocycles. The van der Waals surface area contributed by atoms with Gasteiger partial charge in [-0.1, -0.05) is 31.0 Å². The topological polar surface area (TPSA) is 84.1 Å². The molecule has 1 aromatic rings. The van der Waals surface area contributed by atoms with Gasteiger partial charge in [0.2, 0.25) is 11.1 Å². The summed E-state index contributed by atoms with van der Waals surface area (Å²) in [4.78, 5) is 14.3. The molecule has 8 heteroatoms. The lowest BCUT2D eigenvalue weighted by molar-refractivity contribution is -0.130. The molecule has 0 atom stereocenters. The summed E-state index contributed by atoms with van der Waals surface area (Å²) in [6.45, 7) is 0.914. The molecule has 7 nitrogen and oxygen atoms in total. The molecule has 0 spiro atoms. The van der Waals surface area contributed by atoms with E-state index in [-0.39, 0.29) is 18.1 Å². The van der Waals surface area contributed by atoms with Crippen molar-refractivity contribution in [2.45, 2.75) is 87.9 Å². The van der Waals surface area contributed by atoms with Gasteiger partial charge in [0, 0.05) is 25.8 Å². The van der Waals surface area contributed by atoms with E-state index < -0.39 is 0 Å². The summed E-state index contributed by atoms with van der Waals surface area (Å²) in [5, 5.41) is 22.6.